The summed E-state index contributed by atoms with van der Waals surface area (Å²) in [6, 6.07) is 4.68. The number of ether oxygens (including phenoxy) is 2. The van der Waals surface area contributed by atoms with Crippen LogP contribution in [0.5, 0.6) is 5.75 Å². The SMILES string of the molecule is CC(C)(C)OC(=O)N1CCC(Oc2ccc(F)cc2C(C)(C)C)CC1. The Hall–Kier alpha value is -1.78. The lowest BCUT2D eigenvalue weighted by atomic mass is 9.86. The lowest BCUT2D eigenvalue weighted by Gasteiger charge is -2.34. The molecule has 5 heteroatoms. The molecule has 1 aromatic rings. The molecule has 1 aromatic carbocycles. The van der Waals surface area contributed by atoms with E-state index in [0.717, 1.165) is 24.2 Å². The molecule has 0 aromatic heterocycles. The number of piperidine rings is 1. The number of carbonyl (C=O) groups excluding carboxylic acids is 1. The van der Waals surface area contributed by atoms with Crippen LogP contribution in [0, 0.1) is 5.82 Å². The molecule has 1 aliphatic rings. The number of nitrogens with zero attached hydrogens (tertiary/aromatic N) is 1. The van der Waals surface area contributed by atoms with Gasteiger partial charge in [-0.2, -0.15) is 0 Å². The molecule has 0 unspecified atom stereocenters. The number of amides is 1. The minimum atomic E-state index is -0.486. The molecule has 0 spiro atoms. The molecule has 4 nitrogen and oxygen atoms in total. The minimum Gasteiger partial charge on any atom is -0.490 e. The smallest absolute Gasteiger partial charge is 0.410 e. The van der Waals surface area contributed by atoms with Gasteiger partial charge < -0.3 is 14.4 Å². The minimum absolute atomic E-state index is 0.0187. The lowest BCUT2D eigenvalue weighted by molar-refractivity contribution is 0.0125. The van der Waals surface area contributed by atoms with Gasteiger partial charge in [0.15, 0.2) is 0 Å². The third-order valence-corrected chi connectivity index (χ3v) is 4.14. The zero-order valence-corrected chi connectivity index (χ0v) is 16.2. The Labute approximate surface area is 150 Å². The summed E-state index contributed by atoms with van der Waals surface area (Å²) in [5.74, 6) is 0.474. The van der Waals surface area contributed by atoms with Gasteiger partial charge in [0.25, 0.3) is 0 Å². The average molecular weight is 351 g/mol. The van der Waals surface area contributed by atoms with Crippen LogP contribution in [0.15, 0.2) is 18.2 Å². The first-order valence-electron chi connectivity index (χ1n) is 8.90. The van der Waals surface area contributed by atoms with Gasteiger partial charge in [0.2, 0.25) is 0 Å². The van der Waals surface area contributed by atoms with Crippen LogP contribution < -0.4 is 4.74 Å². The second kappa shape index (κ2) is 7.22. The molecule has 0 saturated carbocycles. The highest BCUT2D eigenvalue weighted by Gasteiger charge is 2.29. The fourth-order valence-corrected chi connectivity index (χ4v) is 2.85. The van der Waals surface area contributed by atoms with E-state index in [4.69, 9.17) is 9.47 Å². The summed E-state index contributed by atoms with van der Waals surface area (Å²) in [6.07, 6.45) is 1.22. The summed E-state index contributed by atoms with van der Waals surface area (Å²) in [7, 11) is 0. The molecule has 2 rings (SSSR count). The van der Waals surface area contributed by atoms with Gasteiger partial charge in [0.1, 0.15) is 23.3 Å². The van der Waals surface area contributed by atoms with Gasteiger partial charge in [-0.15, -0.1) is 0 Å². The average Bonchev–Trinajstić information content (AvgIpc) is 2.47. The maximum atomic E-state index is 13.6. The first-order valence-corrected chi connectivity index (χ1v) is 8.90. The number of likely N-dealkylation sites (tertiary alicyclic amines) is 1. The fraction of sp³-hybridized carbons (Fsp3) is 0.650. The van der Waals surface area contributed by atoms with Gasteiger partial charge in [-0.05, 0) is 44.4 Å². The highest BCUT2D eigenvalue weighted by molar-refractivity contribution is 5.68. The third kappa shape index (κ3) is 5.62. The molecule has 1 saturated heterocycles. The van der Waals surface area contributed by atoms with Crippen molar-refractivity contribution in [3.05, 3.63) is 29.6 Å². The van der Waals surface area contributed by atoms with Crippen molar-refractivity contribution in [2.45, 2.75) is 71.5 Å². The topological polar surface area (TPSA) is 38.8 Å². The monoisotopic (exact) mass is 351 g/mol. The quantitative estimate of drug-likeness (QED) is 0.760. The van der Waals surface area contributed by atoms with E-state index in [-0.39, 0.29) is 23.4 Å². The zero-order valence-electron chi connectivity index (χ0n) is 16.2. The van der Waals surface area contributed by atoms with Gasteiger partial charge >= 0.3 is 6.09 Å². The lowest BCUT2D eigenvalue weighted by Crippen LogP contribution is -2.44. The van der Waals surface area contributed by atoms with Gasteiger partial charge in [-0.1, -0.05) is 20.8 Å². The maximum Gasteiger partial charge on any atom is 0.410 e. The van der Waals surface area contributed by atoms with Gasteiger partial charge in [-0.25, -0.2) is 9.18 Å². The first kappa shape index (κ1) is 19.5. The molecule has 0 bridgehead atoms. The standard InChI is InChI=1S/C20H30FNO3/c1-19(2,3)16-13-14(21)7-8-17(16)24-15-9-11-22(12-10-15)18(23)25-20(4,5)6/h7-8,13,15H,9-12H2,1-6H3. The Morgan fingerprint density at radius 1 is 1.12 bits per heavy atom. The Kier molecular flexibility index (Phi) is 5.65. The number of hydrogen-bond acceptors (Lipinski definition) is 3. The van der Waals surface area contributed by atoms with Crippen LogP contribution >= 0.6 is 0 Å². The molecule has 0 aliphatic carbocycles. The maximum absolute atomic E-state index is 13.6. The molecule has 1 heterocycles. The van der Waals surface area contributed by atoms with Crippen LogP contribution in [-0.2, 0) is 10.2 Å². The second-order valence-corrected chi connectivity index (χ2v) is 8.68. The molecular weight excluding hydrogens is 321 g/mol. The van der Waals surface area contributed by atoms with E-state index >= 15 is 0 Å². The van der Waals surface area contributed by atoms with Crippen molar-refractivity contribution in [3.63, 3.8) is 0 Å². The molecule has 1 amide bonds. The number of carbonyl (C=O) groups is 1. The van der Waals surface area contributed by atoms with Gasteiger partial charge in [0, 0.05) is 31.5 Å². The van der Waals surface area contributed by atoms with E-state index in [2.05, 4.69) is 0 Å². The predicted octanol–water partition coefficient (Wildman–Crippen LogP) is 4.90. The van der Waals surface area contributed by atoms with Crippen LogP contribution in [0.25, 0.3) is 0 Å². The number of halogens is 1. The van der Waals surface area contributed by atoms with E-state index in [1.54, 1.807) is 17.0 Å². The van der Waals surface area contributed by atoms with E-state index < -0.39 is 5.60 Å². The Bertz CT molecular complexity index is 608. The summed E-state index contributed by atoms with van der Waals surface area (Å²) in [4.78, 5) is 13.8. The van der Waals surface area contributed by atoms with Crippen molar-refractivity contribution in [1.29, 1.82) is 0 Å². The number of benzene rings is 1. The van der Waals surface area contributed by atoms with Crippen molar-refractivity contribution < 1.29 is 18.7 Å². The van der Waals surface area contributed by atoms with Crippen LogP contribution in [0.3, 0.4) is 0 Å². The second-order valence-electron chi connectivity index (χ2n) is 8.68. The number of rotatable bonds is 2. The third-order valence-electron chi connectivity index (χ3n) is 4.14. The van der Waals surface area contributed by atoms with E-state index in [1.807, 2.05) is 41.5 Å². The summed E-state index contributed by atoms with van der Waals surface area (Å²) in [5, 5.41) is 0. The summed E-state index contributed by atoms with van der Waals surface area (Å²) >= 11 is 0. The van der Waals surface area contributed by atoms with E-state index in [9.17, 15) is 9.18 Å². The normalized spacial score (nSPS) is 16.7. The van der Waals surface area contributed by atoms with Crippen molar-refractivity contribution in [3.8, 4) is 5.75 Å². The molecular formula is C20H30FNO3. The van der Waals surface area contributed by atoms with Gasteiger partial charge in [-0.3, -0.25) is 0 Å². The highest BCUT2D eigenvalue weighted by atomic mass is 19.1. The molecule has 0 atom stereocenters. The fourth-order valence-electron chi connectivity index (χ4n) is 2.85. The largest absolute Gasteiger partial charge is 0.490 e. The Balaban J connectivity index is 1.98. The summed E-state index contributed by atoms with van der Waals surface area (Å²) in [5.41, 5.74) is 0.177. The van der Waals surface area contributed by atoms with E-state index in [1.165, 1.54) is 6.07 Å². The van der Waals surface area contributed by atoms with Crippen LogP contribution in [0.1, 0.15) is 59.9 Å². The van der Waals surface area contributed by atoms with Crippen LogP contribution in [0.2, 0.25) is 0 Å². The molecule has 1 aliphatic heterocycles. The summed E-state index contributed by atoms with van der Waals surface area (Å²) < 4.78 is 25.2. The van der Waals surface area contributed by atoms with Crippen molar-refractivity contribution in [2.75, 3.05) is 13.1 Å². The van der Waals surface area contributed by atoms with Crippen LogP contribution in [0.4, 0.5) is 9.18 Å². The predicted molar refractivity (Wildman–Crippen MR) is 96.6 cm³/mol. The first-order chi connectivity index (χ1) is 11.5. The number of hydrogen-bond donors (Lipinski definition) is 0. The Morgan fingerprint density at radius 2 is 1.72 bits per heavy atom. The molecule has 25 heavy (non-hydrogen) atoms. The van der Waals surface area contributed by atoms with Crippen molar-refractivity contribution in [2.24, 2.45) is 0 Å². The Morgan fingerprint density at radius 3 is 2.24 bits per heavy atom. The van der Waals surface area contributed by atoms with Crippen molar-refractivity contribution in [1.82, 2.24) is 4.90 Å². The van der Waals surface area contributed by atoms with E-state index in [0.29, 0.717) is 13.1 Å². The van der Waals surface area contributed by atoms with Crippen molar-refractivity contribution >= 4 is 6.09 Å². The summed E-state index contributed by atoms with van der Waals surface area (Å²) in [6.45, 7) is 12.9. The van der Waals surface area contributed by atoms with Gasteiger partial charge in [0.05, 0.1) is 0 Å². The zero-order chi connectivity index (χ0) is 18.8. The highest BCUT2D eigenvalue weighted by Crippen LogP contribution is 2.33. The molecule has 1 fully saturated rings. The molecule has 0 N–H and O–H groups in total. The molecule has 0 radical (unpaired) electrons. The van der Waals surface area contributed by atoms with Crippen LogP contribution in [-0.4, -0.2) is 35.8 Å². The molecule has 140 valence electrons.